The van der Waals surface area contributed by atoms with E-state index in [1.165, 1.54) is 20.0 Å². The van der Waals surface area contributed by atoms with Gasteiger partial charge in [0.2, 0.25) is 0 Å². The molecule has 0 aliphatic carbocycles. The molecule has 0 bridgehead atoms. The molecule has 86 valence electrons. The summed E-state index contributed by atoms with van der Waals surface area (Å²) in [6.07, 6.45) is 9.73. The molecular weight excluding hydrogens is 192 g/mol. The quantitative estimate of drug-likeness (QED) is 0.385. The van der Waals surface area contributed by atoms with Gasteiger partial charge >= 0.3 is 6.16 Å². The third-order valence-corrected chi connectivity index (χ3v) is 2.29. The summed E-state index contributed by atoms with van der Waals surface area (Å²) >= 11 is 0. The van der Waals surface area contributed by atoms with Crippen molar-refractivity contribution in [2.24, 2.45) is 0 Å². The second kappa shape index (κ2) is 7.17. The van der Waals surface area contributed by atoms with Gasteiger partial charge in [0, 0.05) is 0 Å². The van der Waals surface area contributed by atoms with E-state index in [2.05, 4.69) is 17.6 Å². The highest BCUT2D eigenvalue weighted by molar-refractivity contribution is 5.60. The Morgan fingerprint density at radius 2 is 2.07 bits per heavy atom. The Kier molecular flexibility index (Phi) is 6.61. The van der Waals surface area contributed by atoms with Crippen LogP contribution in [0.15, 0.2) is 0 Å². The van der Waals surface area contributed by atoms with Crippen LogP contribution in [0, 0.1) is 12.3 Å². The minimum Gasteiger partial charge on any atom is -0.438 e. The Bertz CT molecular complexity index is 230. The average molecular weight is 212 g/mol. The molecule has 0 amide bonds. The number of ether oxygens (including phenoxy) is 2. The minimum absolute atomic E-state index is 0.679. The molecule has 15 heavy (non-hydrogen) atoms. The summed E-state index contributed by atoms with van der Waals surface area (Å²) in [6.45, 7) is 3.88. The molecule has 0 saturated heterocycles. The molecule has 0 spiro atoms. The molecule has 0 aliphatic rings. The molecule has 3 nitrogen and oxygen atoms in total. The summed E-state index contributed by atoms with van der Waals surface area (Å²) in [5, 5.41) is 0. The van der Waals surface area contributed by atoms with Crippen molar-refractivity contribution in [2.45, 2.75) is 51.6 Å². The average Bonchev–Trinajstić information content (AvgIpc) is 2.24. The Morgan fingerprint density at radius 3 is 2.53 bits per heavy atom. The van der Waals surface area contributed by atoms with Crippen molar-refractivity contribution in [2.75, 3.05) is 7.11 Å². The number of unbranched alkanes of at least 4 members (excludes halogenated alkanes) is 3. The van der Waals surface area contributed by atoms with Crippen molar-refractivity contribution in [3.8, 4) is 12.3 Å². The normalized spacial score (nSPS) is 13.7. The summed E-state index contributed by atoms with van der Waals surface area (Å²) in [4.78, 5) is 10.9. The number of carbonyl (C=O) groups excluding carboxylic acids is 1. The molecule has 0 rings (SSSR count). The molecule has 0 heterocycles. The Labute approximate surface area is 92.1 Å². The lowest BCUT2D eigenvalue weighted by Crippen LogP contribution is -2.29. The summed E-state index contributed by atoms with van der Waals surface area (Å²) < 4.78 is 9.44. The molecule has 0 aliphatic heterocycles. The number of carbonyl (C=O) groups is 1. The van der Waals surface area contributed by atoms with Crippen LogP contribution in [0.4, 0.5) is 4.79 Å². The lowest BCUT2D eigenvalue weighted by molar-refractivity contribution is 0.00859. The number of hydrogen-bond donors (Lipinski definition) is 0. The van der Waals surface area contributed by atoms with Crippen LogP contribution < -0.4 is 0 Å². The molecule has 0 radical (unpaired) electrons. The van der Waals surface area contributed by atoms with Crippen molar-refractivity contribution < 1.29 is 14.3 Å². The highest BCUT2D eigenvalue weighted by atomic mass is 16.7. The van der Waals surface area contributed by atoms with Crippen LogP contribution in [-0.4, -0.2) is 18.9 Å². The first kappa shape index (κ1) is 13.8. The topological polar surface area (TPSA) is 35.5 Å². The van der Waals surface area contributed by atoms with Crippen molar-refractivity contribution in [1.29, 1.82) is 0 Å². The van der Waals surface area contributed by atoms with E-state index >= 15 is 0 Å². The van der Waals surface area contributed by atoms with Crippen LogP contribution in [0.2, 0.25) is 0 Å². The fourth-order valence-corrected chi connectivity index (χ4v) is 1.27. The highest BCUT2D eigenvalue weighted by Crippen LogP contribution is 2.19. The van der Waals surface area contributed by atoms with Crippen molar-refractivity contribution in [1.82, 2.24) is 0 Å². The molecule has 0 N–H and O–H groups in total. The van der Waals surface area contributed by atoms with Crippen LogP contribution in [0.5, 0.6) is 0 Å². The number of methoxy groups -OCH3 is 1. The van der Waals surface area contributed by atoms with E-state index in [0.29, 0.717) is 6.42 Å². The van der Waals surface area contributed by atoms with E-state index in [0.717, 1.165) is 12.8 Å². The maximum absolute atomic E-state index is 10.9. The maximum atomic E-state index is 10.9. The van der Waals surface area contributed by atoms with Gasteiger partial charge in [0.1, 0.15) is 0 Å². The Balaban J connectivity index is 3.98. The Hall–Kier alpha value is -1.17. The van der Waals surface area contributed by atoms with Gasteiger partial charge in [0.05, 0.1) is 7.11 Å². The zero-order valence-electron chi connectivity index (χ0n) is 9.84. The van der Waals surface area contributed by atoms with Gasteiger partial charge in [0.15, 0.2) is 5.60 Å². The monoisotopic (exact) mass is 212 g/mol. The van der Waals surface area contributed by atoms with Gasteiger partial charge in [-0.15, -0.1) is 6.42 Å². The molecule has 1 atom stereocenters. The summed E-state index contributed by atoms with van der Waals surface area (Å²) in [6, 6.07) is 0. The van der Waals surface area contributed by atoms with Crippen molar-refractivity contribution >= 4 is 6.16 Å². The highest BCUT2D eigenvalue weighted by Gasteiger charge is 2.25. The molecule has 0 aromatic heterocycles. The second-order valence-electron chi connectivity index (χ2n) is 3.74. The van der Waals surface area contributed by atoms with Gasteiger partial charge in [-0.25, -0.2) is 4.79 Å². The van der Waals surface area contributed by atoms with Crippen molar-refractivity contribution in [3.63, 3.8) is 0 Å². The van der Waals surface area contributed by atoms with E-state index in [1.54, 1.807) is 6.92 Å². The molecule has 0 aromatic rings. The standard InChI is InChI=1S/C12H20O3/c1-5-7-8-9-10-12(3,6-2)15-11(13)14-4/h2H,5,7-10H2,1,3-4H3. The van der Waals surface area contributed by atoms with Crippen LogP contribution in [0.1, 0.15) is 46.0 Å². The first-order valence-electron chi connectivity index (χ1n) is 5.32. The molecule has 0 saturated carbocycles. The number of hydrogen-bond acceptors (Lipinski definition) is 3. The third kappa shape index (κ3) is 6.01. The second-order valence-corrected chi connectivity index (χ2v) is 3.74. The van der Waals surface area contributed by atoms with Crippen LogP contribution in [0.3, 0.4) is 0 Å². The molecule has 0 aromatic carbocycles. The van der Waals surface area contributed by atoms with Crippen LogP contribution in [0.25, 0.3) is 0 Å². The first-order chi connectivity index (χ1) is 7.08. The van der Waals surface area contributed by atoms with E-state index in [1.807, 2.05) is 0 Å². The van der Waals surface area contributed by atoms with Crippen LogP contribution in [-0.2, 0) is 9.47 Å². The van der Waals surface area contributed by atoms with E-state index < -0.39 is 11.8 Å². The number of terminal acetylenes is 1. The predicted octanol–water partition coefficient (Wildman–Crippen LogP) is 3.13. The molecule has 1 unspecified atom stereocenters. The molecular formula is C12H20O3. The smallest absolute Gasteiger partial charge is 0.438 e. The largest absolute Gasteiger partial charge is 0.509 e. The molecule has 3 heteroatoms. The molecule has 0 fully saturated rings. The van der Waals surface area contributed by atoms with E-state index in [9.17, 15) is 4.79 Å². The fraction of sp³-hybridized carbons (Fsp3) is 0.750. The lowest BCUT2D eigenvalue weighted by Gasteiger charge is -2.22. The van der Waals surface area contributed by atoms with Crippen molar-refractivity contribution in [3.05, 3.63) is 0 Å². The Morgan fingerprint density at radius 1 is 1.40 bits per heavy atom. The van der Waals surface area contributed by atoms with Gasteiger partial charge in [-0.2, -0.15) is 0 Å². The fourth-order valence-electron chi connectivity index (χ4n) is 1.27. The maximum Gasteiger partial charge on any atom is 0.509 e. The first-order valence-corrected chi connectivity index (χ1v) is 5.32. The zero-order chi connectivity index (χ0) is 11.7. The minimum atomic E-state index is -0.833. The van der Waals surface area contributed by atoms with Gasteiger partial charge < -0.3 is 9.47 Å². The van der Waals surface area contributed by atoms with Crippen LogP contribution >= 0.6 is 0 Å². The summed E-state index contributed by atoms with van der Waals surface area (Å²) in [7, 11) is 1.27. The van der Waals surface area contributed by atoms with Gasteiger partial charge in [-0.1, -0.05) is 32.1 Å². The van der Waals surface area contributed by atoms with Gasteiger partial charge in [-0.05, 0) is 19.8 Å². The number of rotatable bonds is 6. The zero-order valence-corrected chi connectivity index (χ0v) is 9.84. The van der Waals surface area contributed by atoms with Gasteiger partial charge in [-0.3, -0.25) is 0 Å². The SMILES string of the molecule is C#CC(C)(CCCCCC)OC(=O)OC. The van der Waals surface area contributed by atoms with E-state index in [4.69, 9.17) is 11.2 Å². The van der Waals surface area contributed by atoms with Gasteiger partial charge in [0.25, 0.3) is 0 Å². The van der Waals surface area contributed by atoms with E-state index in [-0.39, 0.29) is 0 Å². The summed E-state index contributed by atoms with van der Waals surface area (Å²) in [5.74, 6) is 2.50. The lowest BCUT2D eigenvalue weighted by atomic mass is 9.99. The third-order valence-electron chi connectivity index (χ3n) is 2.29. The summed E-state index contributed by atoms with van der Waals surface area (Å²) in [5.41, 5.74) is -0.833. The predicted molar refractivity (Wildman–Crippen MR) is 59.5 cm³/mol.